The van der Waals surface area contributed by atoms with E-state index in [2.05, 4.69) is 15.4 Å². The van der Waals surface area contributed by atoms with Crippen LogP contribution >= 0.6 is 0 Å². The van der Waals surface area contributed by atoms with Crippen LogP contribution in [0.4, 0.5) is 0 Å². The van der Waals surface area contributed by atoms with Gasteiger partial charge in [-0.3, -0.25) is 4.79 Å². The average molecular weight is 332 g/mol. The van der Waals surface area contributed by atoms with Crippen molar-refractivity contribution in [1.82, 2.24) is 4.98 Å². The number of benzene rings is 1. The quantitative estimate of drug-likeness (QED) is 0.887. The van der Waals surface area contributed by atoms with Crippen LogP contribution in [0.5, 0.6) is 0 Å². The minimum absolute atomic E-state index is 0.0687. The molecule has 5 nitrogen and oxygen atoms in total. The molecule has 1 saturated carbocycles. The first-order chi connectivity index (χ1) is 10.9. The Morgan fingerprint density at radius 3 is 2.87 bits per heavy atom. The van der Waals surface area contributed by atoms with E-state index < -0.39 is 21.2 Å². The van der Waals surface area contributed by atoms with Crippen LogP contribution < -0.4 is 0 Å². The first kappa shape index (κ1) is 14.9. The Kier molecular flexibility index (Phi) is 3.19. The zero-order chi connectivity index (χ0) is 16.2. The lowest BCUT2D eigenvalue weighted by Gasteiger charge is -2.12. The van der Waals surface area contributed by atoms with Crippen molar-refractivity contribution in [3.05, 3.63) is 35.5 Å². The highest BCUT2D eigenvalue weighted by Gasteiger charge is 2.36. The summed E-state index contributed by atoms with van der Waals surface area (Å²) in [4.78, 5) is 15.5. The number of nitrogens with one attached hydrogen (secondary N) is 1. The molecule has 1 aliphatic carbocycles. The van der Waals surface area contributed by atoms with Crippen molar-refractivity contribution < 1.29 is 14.1 Å². The van der Waals surface area contributed by atoms with E-state index in [9.17, 15) is 14.1 Å². The van der Waals surface area contributed by atoms with Crippen LogP contribution in [-0.2, 0) is 9.73 Å². The fraction of sp³-hybridized carbons (Fsp3) is 0.471. The number of hydrogen-bond donors (Lipinski definition) is 2. The summed E-state index contributed by atoms with van der Waals surface area (Å²) in [7, 11) is -2.65. The number of carbonyl (C=O) groups is 1. The maximum absolute atomic E-state index is 12.6. The van der Waals surface area contributed by atoms with Gasteiger partial charge in [-0.1, -0.05) is 12.1 Å². The highest BCUT2D eigenvalue weighted by Crippen LogP contribution is 2.43. The summed E-state index contributed by atoms with van der Waals surface area (Å²) in [5.74, 6) is 0.458. The standard InChI is InChI=1S/C17H20N2O3S/c1-17(21)7-8-23(22,10-17)19-16(20)15-9-13-12(11-5-6-11)3-2-4-14(13)18-15/h2-4,9,11,18,21H,5-8,10H2,1H3. The molecule has 2 aromatic rings. The molecule has 6 heteroatoms. The lowest BCUT2D eigenvalue weighted by Crippen LogP contribution is -2.24. The number of H-pyrrole nitrogens is 1. The van der Waals surface area contributed by atoms with Gasteiger partial charge in [-0.2, -0.15) is 4.36 Å². The second-order valence-corrected chi connectivity index (χ2v) is 9.45. The zero-order valence-electron chi connectivity index (χ0n) is 13.0. The Balaban J connectivity index is 1.71. The number of amides is 1. The zero-order valence-corrected chi connectivity index (χ0v) is 13.9. The second-order valence-electron chi connectivity index (χ2n) is 7.03. The first-order valence-corrected chi connectivity index (χ1v) is 9.81. The van der Waals surface area contributed by atoms with Gasteiger partial charge in [0.1, 0.15) is 5.69 Å². The van der Waals surface area contributed by atoms with Gasteiger partial charge in [0.05, 0.1) is 21.1 Å². The topological polar surface area (TPSA) is 82.5 Å². The van der Waals surface area contributed by atoms with E-state index in [1.165, 1.54) is 18.4 Å². The van der Waals surface area contributed by atoms with Crippen LogP contribution in [0.2, 0.25) is 0 Å². The number of aromatic amines is 1. The van der Waals surface area contributed by atoms with Gasteiger partial charge in [-0.25, -0.2) is 4.21 Å². The van der Waals surface area contributed by atoms with E-state index in [0.717, 1.165) is 10.9 Å². The van der Waals surface area contributed by atoms with Gasteiger partial charge < -0.3 is 10.1 Å². The van der Waals surface area contributed by atoms with E-state index in [1.807, 2.05) is 18.2 Å². The van der Waals surface area contributed by atoms with E-state index in [4.69, 9.17) is 0 Å². The van der Waals surface area contributed by atoms with Crippen molar-refractivity contribution in [1.29, 1.82) is 0 Å². The van der Waals surface area contributed by atoms with Crippen LogP contribution in [0, 0.1) is 0 Å². The predicted molar refractivity (Wildman–Crippen MR) is 90.1 cm³/mol. The summed E-state index contributed by atoms with van der Waals surface area (Å²) in [6, 6.07) is 7.86. The SMILES string of the molecule is CC1(O)CCS(=O)(=NC(=O)c2cc3c(C4CC4)cccc3[nH]2)C1. The lowest BCUT2D eigenvalue weighted by molar-refractivity contribution is 0.0886. The van der Waals surface area contributed by atoms with Crippen molar-refractivity contribution in [2.24, 2.45) is 4.36 Å². The summed E-state index contributed by atoms with van der Waals surface area (Å²) in [6.07, 6.45) is 2.81. The smallest absolute Gasteiger partial charge is 0.301 e. The minimum Gasteiger partial charge on any atom is -0.389 e. The maximum Gasteiger partial charge on any atom is 0.301 e. The third-order valence-electron chi connectivity index (χ3n) is 4.69. The molecule has 23 heavy (non-hydrogen) atoms. The highest BCUT2D eigenvalue weighted by atomic mass is 32.2. The van der Waals surface area contributed by atoms with Crippen LogP contribution in [-0.4, -0.2) is 37.3 Å². The molecule has 122 valence electrons. The van der Waals surface area contributed by atoms with Crippen LogP contribution in [0.1, 0.15) is 48.2 Å². The Hall–Kier alpha value is -1.66. The molecule has 0 spiro atoms. The molecule has 1 amide bonds. The molecule has 1 saturated heterocycles. The van der Waals surface area contributed by atoms with E-state index in [1.54, 1.807) is 6.92 Å². The first-order valence-electron chi connectivity index (χ1n) is 7.96. The summed E-state index contributed by atoms with van der Waals surface area (Å²) in [5.41, 5.74) is 1.58. The maximum atomic E-state index is 12.6. The van der Waals surface area contributed by atoms with Gasteiger partial charge >= 0.3 is 5.91 Å². The molecule has 1 aromatic heterocycles. The monoisotopic (exact) mass is 332 g/mol. The third-order valence-corrected chi connectivity index (χ3v) is 7.10. The normalized spacial score (nSPS) is 30.7. The Labute approximate surface area is 135 Å². The molecule has 2 N–H and O–H groups in total. The molecule has 2 heterocycles. The summed E-state index contributed by atoms with van der Waals surface area (Å²) in [6.45, 7) is 1.64. The van der Waals surface area contributed by atoms with Crippen molar-refractivity contribution in [3.8, 4) is 0 Å². The molecular formula is C17H20N2O3S. The lowest BCUT2D eigenvalue weighted by atomic mass is 10.1. The van der Waals surface area contributed by atoms with Gasteiger partial charge in [0.15, 0.2) is 0 Å². The number of aliphatic hydroxyl groups is 1. The third kappa shape index (κ3) is 2.81. The Morgan fingerprint density at radius 2 is 2.22 bits per heavy atom. The molecular weight excluding hydrogens is 312 g/mol. The number of fused-ring (bicyclic) bond motifs is 1. The molecule has 4 rings (SSSR count). The number of rotatable bonds is 2. The second kappa shape index (κ2) is 4.92. The average Bonchev–Trinajstić information content (AvgIpc) is 3.15. The van der Waals surface area contributed by atoms with Crippen LogP contribution in [0.25, 0.3) is 10.9 Å². The van der Waals surface area contributed by atoms with Gasteiger partial charge in [0, 0.05) is 16.7 Å². The number of nitrogens with zero attached hydrogens (tertiary/aromatic N) is 1. The van der Waals surface area contributed by atoms with E-state index in [0.29, 0.717) is 18.0 Å². The molecule has 2 fully saturated rings. The van der Waals surface area contributed by atoms with Crippen LogP contribution in [0.15, 0.2) is 28.6 Å². The summed E-state index contributed by atoms with van der Waals surface area (Å²) >= 11 is 0. The van der Waals surface area contributed by atoms with Crippen LogP contribution in [0.3, 0.4) is 0 Å². The largest absolute Gasteiger partial charge is 0.389 e. The highest BCUT2D eigenvalue weighted by molar-refractivity contribution is 7.94. The number of hydrogen-bond acceptors (Lipinski definition) is 3. The fourth-order valence-electron chi connectivity index (χ4n) is 3.33. The number of carbonyl (C=O) groups excluding carboxylic acids is 1. The molecule has 0 bridgehead atoms. The molecule has 1 aliphatic heterocycles. The molecule has 1 aromatic carbocycles. The minimum atomic E-state index is -2.65. The molecule has 2 unspecified atom stereocenters. The van der Waals surface area contributed by atoms with Gasteiger partial charge in [-0.15, -0.1) is 0 Å². The Morgan fingerprint density at radius 1 is 1.43 bits per heavy atom. The molecule has 2 aliphatic rings. The van der Waals surface area contributed by atoms with E-state index >= 15 is 0 Å². The van der Waals surface area contributed by atoms with Crippen molar-refractivity contribution in [3.63, 3.8) is 0 Å². The molecule has 2 atom stereocenters. The van der Waals surface area contributed by atoms with Gasteiger partial charge in [0.25, 0.3) is 0 Å². The van der Waals surface area contributed by atoms with Crippen molar-refractivity contribution >= 4 is 26.5 Å². The van der Waals surface area contributed by atoms with Crippen molar-refractivity contribution in [2.45, 2.75) is 37.7 Å². The van der Waals surface area contributed by atoms with Crippen molar-refractivity contribution in [2.75, 3.05) is 11.5 Å². The summed E-state index contributed by atoms with van der Waals surface area (Å²) < 4.78 is 16.6. The molecule has 0 radical (unpaired) electrons. The Bertz CT molecular complexity index is 915. The number of aromatic nitrogens is 1. The predicted octanol–water partition coefficient (Wildman–Crippen LogP) is 2.81. The van der Waals surface area contributed by atoms with Gasteiger partial charge in [0.2, 0.25) is 0 Å². The fourth-order valence-corrected chi connectivity index (χ4v) is 5.91. The van der Waals surface area contributed by atoms with E-state index in [-0.39, 0.29) is 11.5 Å². The van der Waals surface area contributed by atoms with Gasteiger partial charge in [-0.05, 0) is 49.8 Å². The summed E-state index contributed by atoms with van der Waals surface area (Å²) in [5, 5.41) is 11.0.